The zero-order valence-electron chi connectivity index (χ0n) is 16.1. The van der Waals surface area contributed by atoms with Crippen LogP contribution < -0.4 is 5.32 Å². The van der Waals surface area contributed by atoms with Crippen LogP contribution in [0.3, 0.4) is 0 Å². The summed E-state index contributed by atoms with van der Waals surface area (Å²) in [4.78, 5) is 20.5. The quantitative estimate of drug-likeness (QED) is 0.340. The standard InChI is InChI=1S/C20H18F3N3O2S2/c1-3-15-10-24-18(28-15)12(2)29-17-11-25-19(30-17)26-16(27)8-7-13-5-4-6-14(9-13)20(21,22)23/h4-12H,3H2,1-2H3,(H,25,26,27). The van der Waals surface area contributed by atoms with Crippen LogP contribution in [0.1, 0.15) is 41.9 Å². The monoisotopic (exact) mass is 453 g/mol. The van der Waals surface area contributed by atoms with Crippen molar-refractivity contribution in [1.82, 2.24) is 9.97 Å². The number of thiazole rings is 1. The van der Waals surface area contributed by atoms with Gasteiger partial charge in [-0.2, -0.15) is 13.2 Å². The fourth-order valence-corrected chi connectivity index (χ4v) is 4.49. The first-order valence-electron chi connectivity index (χ1n) is 8.98. The van der Waals surface area contributed by atoms with E-state index in [1.165, 1.54) is 47.4 Å². The van der Waals surface area contributed by atoms with Crippen LogP contribution in [0, 0.1) is 0 Å². The molecule has 0 saturated carbocycles. The summed E-state index contributed by atoms with van der Waals surface area (Å²) in [6.07, 6.45) is 2.19. The maximum atomic E-state index is 12.8. The number of amides is 1. The van der Waals surface area contributed by atoms with Gasteiger partial charge < -0.3 is 4.42 Å². The zero-order valence-corrected chi connectivity index (χ0v) is 17.7. The van der Waals surface area contributed by atoms with Crippen LogP contribution in [0.15, 0.2) is 51.4 Å². The van der Waals surface area contributed by atoms with E-state index in [-0.39, 0.29) is 10.8 Å². The molecular weight excluding hydrogens is 435 g/mol. The molecule has 1 amide bonds. The number of halogens is 3. The number of anilines is 1. The van der Waals surface area contributed by atoms with Crippen molar-refractivity contribution >= 4 is 40.2 Å². The first-order valence-corrected chi connectivity index (χ1v) is 10.7. The van der Waals surface area contributed by atoms with Crippen molar-refractivity contribution in [2.75, 3.05) is 5.32 Å². The van der Waals surface area contributed by atoms with Gasteiger partial charge in [0.15, 0.2) is 5.13 Å². The van der Waals surface area contributed by atoms with Crippen LogP contribution in [-0.2, 0) is 17.4 Å². The van der Waals surface area contributed by atoms with Crippen LogP contribution in [-0.4, -0.2) is 15.9 Å². The van der Waals surface area contributed by atoms with Crippen LogP contribution in [0.4, 0.5) is 18.3 Å². The summed E-state index contributed by atoms with van der Waals surface area (Å²) >= 11 is 2.80. The fraction of sp³-hybridized carbons (Fsp3) is 0.250. The second kappa shape index (κ2) is 9.48. The highest BCUT2D eigenvalue weighted by Crippen LogP contribution is 2.38. The number of aromatic nitrogens is 2. The molecule has 0 radical (unpaired) electrons. The summed E-state index contributed by atoms with van der Waals surface area (Å²) in [7, 11) is 0. The van der Waals surface area contributed by atoms with Crippen LogP contribution in [0.5, 0.6) is 0 Å². The molecule has 0 saturated heterocycles. The molecule has 0 aliphatic heterocycles. The fourth-order valence-electron chi connectivity index (χ4n) is 2.41. The number of carbonyl (C=O) groups is 1. The Bertz CT molecular complexity index is 1040. The number of aryl methyl sites for hydroxylation is 1. The van der Waals surface area contributed by atoms with E-state index < -0.39 is 17.6 Å². The SMILES string of the molecule is CCc1cnc(C(C)Sc2cnc(NC(=O)C=Cc3cccc(C(F)(F)F)c3)s2)o1. The highest BCUT2D eigenvalue weighted by molar-refractivity contribution is 8.01. The van der Waals surface area contributed by atoms with E-state index in [2.05, 4.69) is 15.3 Å². The smallest absolute Gasteiger partial charge is 0.416 e. The summed E-state index contributed by atoms with van der Waals surface area (Å²) in [5.41, 5.74) is -0.487. The van der Waals surface area contributed by atoms with Crippen molar-refractivity contribution in [3.05, 3.63) is 65.5 Å². The molecule has 0 bridgehead atoms. The molecule has 158 valence electrons. The van der Waals surface area contributed by atoms with Gasteiger partial charge in [-0.3, -0.25) is 10.1 Å². The van der Waals surface area contributed by atoms with Gasteiger partial charge in [0.25, 0.3) is 0 Å². The molecule has 3 aromatic rings. The molecule has 0 fully saturated rings. The average molecular weight is 454 g/mol. The van der Waals surface area contributed by atoms with Gasteiger partial charge in [-0.1, -0.05) is 30.4 Å². The molecule has 1 N–H and O–H groups in total. The predicted octanol–water partition coefficient (Wildman–Crippen LogP) is 6.22. The van der Waals surface area contributed by atoms with E-state index in [9.17, 15) is 18.0 Å². The van der Waals surface area contributed by atoms with Crippen molar-refractivity contribution in [2.24, 2.45) is 0 Å². The number of carbonyl (C=O) groups excluding carboxylic acids is 1. The Morgan fingerprint density at radius 3 is 2.83 bits per heavy atom. The second-order valence-corrected chi connectivity index (χ2v) is 8.88. The van der Waals surface area contributed by atoms with Crippen molar-refractivity contribution in [3.63, 3.8) is 0 Å². The van der Waals surface area contributed by atoms with E-state index in [1.807, 2.05) is 13.8 Å². The molecule has 10 heteroatoms. The van der Waals surface area contributed by atoms with Crippen LogP contribution in [0.25, 0.3) is 6.08 Å². The Morgan fingerprint density at radius 2 is 2.13 bits per heavy atom. The van der Waals surface area contributed by atoms with Gasteiger partial charge in [-0.25, -0.2) is 9.97 Å². The molecule has 2 aromatic heterocycles. The Morgan fingerprint density at radius 1 is 1.33 bits per heavy atom. The van der Waals surface area contributed by atoms with E-state index >= 15 is 0 Å². The summed E-state index contributed by atoms with van der Waals surface area (Å²) in [6.45, 7) is 3.95. The zero-order chi connectivity index (χ0) is 21.7. The Balaban J connectivity index is 1.57. The molecule has 30 heavy (non-hydrogen) atoms. The molecule has 0 aliphatic rings. The van der Waals surface area contributed by atoms with Crippen LogP contribution >= 0.6 is 23.1 Å². The van der Waals surface area contributed by atoms with Crippen molar-refractivity contribution in [3.8, 4) is 0 Å². The summed E-state index contributed by atoms with van der Waals surface area (Å²) < 4.78 is 44.8. The highest BCUT2D eigenvalue weighted by atomic mass is 32.2. The second-order valence-electron chi connectivity index (χ2n) is 6.21. The third-order valence-electron chi connectivity index (χ3n) is 3.92. The summed E-state index contributed by atoms with van der Waals surface area (Å²) in [6, 6.07) is 4.75. The molecule has 0 aliphatic carbocycles. The van der Waals surface area contributed by atoms with Gasteiger partial charge in [0.1, 0.15) is 5.76 Å². The molecular formula is C20H18F3N3O2S2. The highest BCUT2D eigenvalue weighted by Gasteiger charge is 2.30. The van der Waals surface area contributed by atoms with Gasteiger partial charge in [-0.15, -0.1) is 11.8 Å². The van der Waals surface area contributed by atoms with E-state index in [4.69, 9.17) is 4.42 Å². The Labute approximate surface area is 179 Å². The average Bonchev–Trinajstić information content (AvgIpc) is 3.35. The lowest BCUT2D eigenvalue weighted by atomic mass is 10.1. The largest absolute Gasteiger partial charge is 0.445 e. The van der Waals surface area contributed by atoms with E-state index in [0.29, 0.717) is 11.0 Å². The van der Waals surface area contributed by atoms with E-state index in [1.54, 1.807) is 12.4 Å². The van der Waals surface area contributed by atoms with Gasteiger partial charge in [0.2, 0.25) is 11.8 Å². The normalized spacial score (nSPS) is 13.0. The lowest BCUT2D eigenvalue weighted by molar-refractivity contribution is -0.137. The van der Waals surface area contributed by atoms with Crippen molar-refractivity contribution in [2.45, 2.75) is 35.9 Å². The Hall–Kier alpha value is -2.59. The molecule has 0 spiro atoms. The van der Waals surface area contributed by atoms with Crippen molar-refractivity contribution in [1.29, 1.82) is 0 Å². The van der Waals surface area contributed by atoms with Gasteiger partial charge >= 0.3 is 6.18 Å². The molecule has 1 aromatic carbocycles. The number of hydrogen-bond acceptors (Lipinski definition) is 6. The van der Waals surface area contributed by atoms with Gasteiger partial charge in [-0.05, 0) is 30.7 Å². The summed E-state index contributed by atoms with van der Waals surface area (Å²) in [5, 5.41) is 2.99. The topological polar surface area (TPSA) is 68.0 Å². The van der Waals surface area contributed by atoms with Crippen molar-refractivity contribution < 1.29 is 22.4 Å². The lowest BCUT2D eigenvalue weighted by Gasteiger charge is -2.06. The number of thioether (sulfide) groups is 1. The number of benzene rings is 1. The number of nitrogens with zero attached hydrogens (tertiary/aromatic N) is 2. The number of hydrogen-bond donors (Lipinski definition) is 1. The number of nitrogens with one attached hydrogen (secondary N) is 1. The minimum atomic E-state index is -4.43. The number of rotatable bonds is 7. The first kappa shape index (κ1) is 22.1. The predicted molar refractivity (Wildman–Crippen MR) is 111 cm³/mol. The maximum Gasteiger partial charge on any atom is 0.416 e. The number of oxazole rings is 1. The van der Waals surface area contributed by atoms with E-state index in [0.717, 1.165) is 28.5 Å². The molecule has 5 nitrogen and oxygen atoms in total. The lowest BCUT2D eigenvalue weighted by Crippen LogP contribution is -2.07. The Kier molecular flexibility index (Phi) is 6.99. The maximum absolute atomic E-state index is 12.8. The number of alkyl halides is 3. The molecule has 2 heterocycles. The third-order valence-corrected chi connectivity index (χ3v) is 6.06. The van der Waals surface area contributed by atoms with Gasteiger partial charge in [0, 0.05) is 12.5 Å². The molecule has 3 rings (SSSR count). The minimum Gasteiger partial charge on any atom is -0.445 e. The first-order chi connectivity index (χ1) is 14.2. The third kappa shape index (κ3) is 5.96. The van der Waals surface area contributed by atoms with Crippen LogP contribution in [0.2, 0.25) is 0 Å². The minimum absolute atomic E-state index is 0.0184. The molecule has 1 unspecified atom stereocenters. The van der Waals surface area contributed by atoms with Gasteiger partial charge in [0.05, 0.1) is 27.4 Å². The summed E-state index contributed by atoms with van der Waals surface area (Å²) in [5.74, 6) is 0.966. The molecule has 1 atom stereocenters.